The molecule has 0 aliphatic carbocycles. The zero-order valence-corrected chi connectivity index (χ0v) is 10.9. The molecular weight excluding hydrogens is 254 g/mol. The number of para-hydroxylation sites is 1. The Bertz CT molecular complexity index is 793. The van der Waals surface area contributed by atoms with Crippen LogP contribution >= 0.6 is 0 Å². The van der Waals surface area contributed by atoms with E-state index in [9.17, 15) is 4.79 Å². The van der Waals surface area contributed by atoms with Crippen molar-refractivity contribution in [3.05, 3.63) is 54.4 Å². The summed E-state index contributed by atoms with van der Waals surface area (Å²) >= 11 is 0. The van der Waals surface area contributed by atoms with Crippen molar-refractivity contribution in [2.45, 2.75) is 0 Å². The number of nitrogens with two attached hydrogens (primary N) is 1. The van der Waals surface area contributed by atoms with Crippen molar-refractivity contribution in [2.24, 2.45) is 0 Å². The zero-order chi connectivity index (χ0) is 14.1. The van der Waals surface area contributed by atoms with Crippen LogP contribution in [0.15, 0.2) is 48.8 Å². The Morgan fingerprint density at radius 3 is 2.75 bits per heavy atom. The molecule has 1 aromatic carbocycles. The highest BCUT2D eigenvalue weighted by Crippen LogP contribution is 2.25. The summed E-state index contributed by atoms with van der Waals surface area (Å²) in [6.07, 6.45) is 3.53. The number of esters is 1. The van der Waals surface area contributed by atoms with Crippen molar-refractivity contribution in [3.8, 4) is 11.3 Å². The number of imidazole rings is 1. The smallest absolute Gasteiger partial charge is 0.339 e. The number of nitrogens with zero attached hydrogens (tertiary/aromatic N) is 2. The average Bonchev–Trinajstić information content (AvgIpc) is 2.89. The fraction of sp³-hybridized carbons (Fsp3) is 0.0667. The van der Waals surface area contributed by atoms with Gasteiger partial charge < -0.3 is 14.9 Å². The molecule has 2 heterocycles. The Kier molecular flexibility index (Phi) is 2.87. The molecule has 5 heteroatoms. The first-order valence-electron chi connectivity index (χ1n) is 6.11. The summed E-state index contributed by atoms with van der Waals surface area (Å²) in [7, 11) is 1.36. The molecule has 0 aliphatic rings. The summed E-state index contributed by atoms with van der Waals surface area (Å²) in [5.74, 6) is -0.374. The highest BCUT2D eigenvalue weighted by Gasteiger charge is 2.10. The average molecular weight is 267 g/mol. The molecule has 0 radical (unpaired) electrons. The van der Waals surface area contributed by atoms with Gasteiger partial charge in [-0.25, -0.2) is 9.78 Å². The van der Waals surface area contributed by atoms with Crippen molar-refractivity contribution < 1.29 is 9.53 Å². The number of benzene rings is 1. The molecule has 0 amide bonds. The van der Waals surface area contributed by atoms with Gasteiger partial charge in [-0.15, -0.1) is 0 Å². The molecular formula is C15H13N3O2. The van der Waals surface area contributed by atoms with Gasteiger partial charge >= 0.3 is 5.97 Å². The lowest BCUT2D eigenvalue weighted by Gasteiger charge is -2.00. The zero-order valence-electron chi connectivity index (χ0n) is 10.9. The molecule has 0 spiro atoms. The molecule has 0 unspecified atom stereocenters. The van der Waals surface area contributed by atoms with E-state index in [2.05, 4.69) is 4.98 Å². The number of hydrogen-bond donors (Lipinski definition) is 1. The summed E-state index contributed by atoms with van der Waals surface area (Å²) in [5, 5.41) is 0. The second-order valence-electron chi connectivity index (χ2n) is 4.39. The first-order chi connectivity index (χ1) is 9.69. The number of aromatic nitrogens is 2. The van der Waals surface area contributed by atoms with Gasteiger partial charge in [0.25, 0.3) is 0 Å². The molecule has 100 valence electrons. The number of fused-ring (bicyclic) bond motifs is 1. The summed E-state index contributed by atoms with van der Waals surface area (Å²) < 4.78 is 6.49. The standard InChI is InChI=1S/C15H13N3O2/c1-20-15(19)10-6-7-14-17-13(9-18(14)8-10)11-4-2-3-5-12(11)16/h2-9H,16H2,1H3. The lowest BCUT2D eigenvalue weighted by atomic mass is 10.1. The number of pyridine rings is 1. The topological polar surface area (TPSA) is 69.6 Å². The van der Waals surface area contributed by atoms with E-state index in [0.717, 1.165) is 16.9 Å². The minimum Gasteiger partial charge on any atom is -0.465 e. The lowest BCUT2D eigenvalue weighted by molar-refractivity contribution is 0.0600. The molecule has 0 saturated carbocycles. The van der Waals surface area contributed by atoms with Crippen LogP contribution in [0.25, 0.3) is 16.9 Å². The normalized spacial score (nSPS) is 10.7. The number of nitrogen functional groups attached to an aromatic ring is 1. The molecule has 2 aromatic heterocycles. The van der Waals surface area contributed by atoms with E-state index >= 15 is 0 Å². The van der Waals surface area contributed by atoms with Gasteiger partial charge in [-0.2, -0.15) is 0 Å². The molecule has 0 saturated heterocycles. The Balaban J connectivity index is 2.12. The largest absolute Gasteiger partial charge is 0.465 e. The van der Waals surface area contributed by atoms with Crippen LogP contribution in [0.5, 0.6) is 0 Å². The van der Waals surface area contributed by atoms with Crippen molar-refractivity contribution in [2.75, 3.05) is 12.8 Å². The monoisotopic (exact) mass is 267 g/mol. The first kappa shape index (κ1) is 12.2. The molecule has 0 atom stereocenters. The summed E-state index contributed by atoms with van der Waals surface area (Å²) in [5.41, 5.74) is 9.48. The van der Waals surface area contributed by atoms with Crippen molar-refractivity contribution in [3.63, 3.8) is 0 Å². The van der Waals surface area contributed by atoms with E-state index < -0.39 is 0 Å². The van der Waals surface area contributed by atoms with E-state index in [1.807, 2.05) is 30.5 Å². The fourth-order valence-corrected chi connectivity index (χ4v) is 2.09. The van der Waals surface area contributed by atoms with Gasteiger partial charge in [0.15, 0.2) is 0 Å². The molecule has 0 bridgehead atoms. The van der Waals surface area contributed by atoms with Gasteiger partial charge in [-0.1, -0.05) is 18.2 Å². The molecule has 0 fully saturated rings. The van der Waals surface area contributed by atoms with Gasteiger partial charge in [0.1, 0.15) is 5.65 Å². The Morgan fingerprint density at radius 1 is 1.20 bits per heavy atom. The second-order valence-corrected chi connectivity index (χ2v) is 4.39. The van der Waals surface area contributed by atoms with Crippen LogP contribution in [0.2, 0.25) is 0 Å². The van der Waals surface area contributed by atoms with Crippen LogP contribution in [0.1, 0.15) is 10.4 Å². The maximum Gasteiger partial charge on any atom is 0.339 e. The molecule has 5 nitrogen and oxygen atoms in total. The third kappa shape index (κ3) is 1.99. The van der Waals surface area contributed by atoms with Crippen molar-refractivity contribution >= 4 is 17.3 Å². The van der Waals surface area contributed by atoms with E-state index in [1.54, 1.807) is 22.7 Å². The summed E-state index contributed by atoms with van der Waals surface area (Å²) in [4.78, 5) is 16.0. The number of rotatable bonds is 2. The fourth-order valence-electron chi connectivity index (χ4n) is 2.09. The molecule has 2 N–H and O–H groups in total. The highest BCUT2D eigenvalue weighted by molar-refractivity contribution is 5.89. The third-order valence-corrected chi connectivity index (χ3v) is 3.11. The summed E-state index contributed by atoms with van der Waals surface area (Å²) in [6, 6.07) is 11.0. The molecule has 20 heavy (non-hydrogen) atoms. The van der Waals surface area contributed by atoms with Crippen LogP contribution in [-0.4, -0.2) is 22.5 Å². The Labute approximate surface area is 115 Å². The number of methoxy groups -OCH3 is 1. The van der Waals surface area contributed by atoms with E-state index in [0.29, 0.717) is 11.3 Å². The first-order valence-corrected chi connectivity index (χ1v) is 6.11. The predicted molar refractivity (Wildman–Crippen MR) is 76.4 cm³/mol. The number of carbonyl (C=O) groups excluding carboxylic acids is 1. The van der Waals surface area contributed by atoms with Crippen LogP contribution in [0.4, 0.5) is 5.69 Å². The van der Waals surface area contributed by atoms with E-state index in [1.165, 1.54) is 7.11 Å². The van der Waals surface area contributed by atoms with Gasteiger partial charge in [-0.05, 0) is 18.2 Å². The molecule has 3 rings (SSSR count). The molecule has 3 aromatic rings. The predicted octanol–water partition coefficient (Wildman–Crippen LogP) is 2.37. The maximum atomic E-state index is 11.5. The Hall–Kier alpha value is -2.82. The number of carbonyl (C=O) groups is 1. The third-order valence-electron chi connectivity index (χ3n) is 3.11. The van der Waals surface area contributed by atoms with Gasteiger partial charge in [-0.3, -0.25) is 0 Å². The van der Waals surface area contributed by atoms with Crippen LogP contribution in [0.3, 0.4) is 0 Å². The Morgan fingerprint density at radius 2 is 2.00 bits per heavy atom. The minimum atomic E-state index is -0.374. The lowest BCUT2D eigenvalue weighted by Crippen LogP contribution is -2.02. The SMILES string of the molecule is COC(=O)c1ccc2nc(-c3ccccc3N)cn2c1. The summed E-state index contributed by atoms with van der Waals surface area (Å²) in [6.45, 7) is 0. The van der Waals surface area contributed by atoms with Crippen LogP contribution in [-0.2, 0) is 4.74 Å². The van der Waals surface area contributed by atoms with Crippen LogP contribution < -0.4 is 5.73 Å². The second kappa shape index (κ2) is 4.70. The highest BCUT2D eigenvalue weighted by atomic mass is 16.5. The van der Waals surface area contributed by atoms with Crippen molar-refractivity contribution in [1.82, 2.24) is 9.38 Å². The van der Waals surface area contributed by atoms with Gasteiger partial charge in [0.2, 0.25) is 0 Å². The van der Waals surface area contributed by atoms with E-state index in [4.69, 9.17) is 10.5 Å². The van der Waals surface area contributed by atoms with Crippen molar-refractivity contribution in [1.29, 1.82) is 0 Å². The number of ether oxygens (including phenoxy) is 1. The van der Waals surface area contributed by atoms with Gasteiger partial charge in [0, 0.05) is 23.6 Å². The maximum absolute atomic E-state index is 11.5. The van der Waals surface area contributed by atoms with Crippen LogP contribution in [0, 0.1) is 0 Å². The quantitative estimate of drug-likeness (QED) is 0.571. The van der Waals surface area contributed by atoms with E-state index in [-0.39, 0.29) is 5.97 Å². The number of hydrogen-bond acceptors (Lipinski definition) is 4. The number of anilines is 1. The minimum absolute atomic E-state index is 0.374. The molecule has 0 aliphatic heterocycles. The van der Waals surface area contributed by atoms with Gasteiger partial charge in [0.05, 0.1) is 18.4 Å².